The van der Waals surface area contributed by atoms with Crippen LogP contribution in [0.5, 0.6) is 0 Å². The quantitative estimate of drug-likeness (QED) is 0.939. The summed E-state index contributed by atoms with van der Waals surface area (Å²) in [6.45, 7) is 0.665. The van der Waals surface area contributed by atoms with Crippen molar-refractivity contribution >= 4 is 5.69 Å². The summed E-state index contributed by atoms with van der Waals surface area (Å²) in [5.74, 6) is -0.275. The van der Waals surface area contributed by atoms with Gasteiger partial charge in [-0.25, -0.2) is 4.39 Å². The summed E-state index contributed by atoms with van der Waals surface area (Å²) in [7, 11) is 0. The van der Waals surface area contributed by atoms with Gasteiger partial charge >= 0.3 is 0 Å². The molecule has 110 valence electrons. The molecule has 1 unspecified atom stereocenters. The minimum absolute atomic E-state index is 0.155. The molecule has 4 heteroatoms. The van der Waals surface area contributed by atoms with Crippen molar-refractivity contribution < 1.29 is 9.50 Å². The highest BCUT2D eigenvalue weighted by atomic mass is 19.1. The predicted octanol–water partition coefficient (Wildman–Crippen LogP) is 2.92. The number of anilines is 1. The van der Waals surface area contributed by atoms with Crippen molar-refractivity contribution in [2.75, 3.05) is 11.5 Å². The predicted molar refractivity (Wildman–Crippen MR) is 80.6 cm³/mol. The van der Waals surface area contributed by atoms with Crippen molar-refractivity contribution in [1.82, 2.24) is 4.98 Å². The van der Waals surface area contributed by atoms with Crippen LogP contribution >= 0.6 is 0 Å². The average Bonchev–Trinajstić information content (AvgIpc) is 2.52. The number of pyridine rings is 1. The lowest BCUT2D eigenvalue weighted by atomic mass is 9.93. The van der Waals surface area contributed by atoms with E-state index >= 15 is 0 Å². The lowest BCUT2D eigenvalue weighted by Gasteiger charge is -2.39. The third-order valence-electron chi connectivity index (χ3n) is 4.15. The van der Waals surface area contributed by atoms with Crippen molar-refractivity contribution in [2.24, 2.45) is 0 Å². The molecule has 0 saturated carbocycles. The molecule has 0 fully saturated rings. The summed E-state index contributed by atoms with van der Waals surface area (Å²) >= 11 is 0. The minimum atomic E-state index is -0.275. The molecule has 0 saturated heterocycles. The Balaban J connectivity index is 1.93. The summed E-state index contributed by atoms with van der Waals surface area (Å²) in [6.07, 6.45) is 5.59. The van der Waals surface area contributed by atoms with Crippen LogP contribution in [0, 0.1) is 5.82 Å². The molecule has 1 aromatic heterocycles. The molecule has 21 heavy (non-hydrogen) atoms. The van der Waals surface area contributed by atoms with Gasteiger partial charge in [-0.3, -0.25) is 4.98 Å². The first-order valence-electron chi connectivity index (χ1n) is 7.33. The number of hydrogen-bond donors (Lipinski definition) is 1. The van der Waals surface area contributed by atoms with Crippen molar-refractivity contribution in [3.8, 4) is 0 Å². The molecule has 3 nitrogen and oxygen atoms in total. The van der Waals surface area contributed by atoms with Crippen molar-refractivity contribution in [3.05, 3.63) is 59.7 Å². The third kappa shape index (κ3) is 2.90. The van der Waals surface area contributed by atoms with Crippen LogP contribution in [0.4, 0.5) is 10.1 Å². The maximum atomic E-state index is 13.9. The molecule has 0 spiro atoms. The van der Waals surface area contributed by atoms with Crippen molar-refractivity contribution in [1.29, 1.82) is 0 Å². The molecule has 0 radical (unpaired) electrons. The zero-order valence-corrected chi connectivity index (χ0v) is 11.9. The number of aromatic nitrogens is 1. The molecular weight excluding hydrogens is 267 g/mol. The second kappa shape index (κ2) is 6.22. The molecule has 1 aliphatic heterocycles. The van der Waals surface area contributed by atoms with E-state index in [9.17, 15) is 9.50 Å². The fourth-order valence-corrected chi connectivity index (χ4v) is 3.06. The van der Waals surface area contributed by atoms with Crippen LogP contribution in [-0.4, -0.2) is 22.7 Å². The highest BCUT2D eigenvalue weighted by molar-refractivity contribution is 5.56. The molecule has 2 aromatic rings. The number of fused-ring (bicyclic) bond motifs is 1. The van der Waals surface area contributed by atoms with Gasteiger partial charge in [0.05, 0.1) is 6.20 Å². The Morgan fingerprint density at radius 2 is 2.14 bits per heavy atom. The highest BCUT2D eigenvalue weighted by Gasteiger charge is 2.26. The van der Waals surface area contributed by atoms with Gasteiger partial charge in [-0.1, -0.05) is 18.2 Å². The first kappa shape index (κ1) is 14.0. The highest BCUT2D eigenvalue weighted by Crippen LogP contribution is 2.33. The van der Waals surface area contributed by atoms with Crippen LogP contribution in [0.3, 0.4) is 0 Å². The maximum absolute atomic E-state index is 13.9. The van der Waals surface area contributed by atoms with Crippen LogP contribution in [-0.2, 0) is 13.0 Å². The van der Waals surface area contributed by atoms with E-state index in [4.69, 9.17) is 0 Å². The minimum Gasteiger partial charge on any atom is -0.396 e. The van der Waals surface area contributed by atoms with Gasteiger partial charge < -0.3 is 10.0 Å². The largest absolute Gasteiger partial charge is 0.396 e. The standard InChI is InChI=1S/C17H19FN2O/c18-16-11-19-9-7-14(16)12-20-15(8-10-21)6-5-13-3-1-2-4-17(13)20/h1-4,7,9,11,15,21H,5-6,8,10,12H2. The molecular formula is C17H19FN2O. The van der Waals surface area contributed by atoms with Crippen LogP contribution in [0.2, 0.25) is 0 Å². The summed E-state index contributed by atoms with van der Waals surface area (Å²) in [5.41, 5.74) is 3.09. The van der Waals surface area contributed by atoms with Crippen LogP contribution in [0.15, 0.2) is 42.7 Å². The summed E-state index contributed by atoms with van der Waals surface area (Å²) in [5, 5.41) is 9.29. The fraction of sp³-hybridized carbons (Fsp3) is 0.353. The van der Waals surface area contributed by atoms with Gasteiger partial charge in [0.15, 0.2) is 0 Å². The van der Waals surface area contributed by atoms with E-state index in [-0.39, 0.29) is 18.5 Å². The Morgan fingerprint density at radius 3 is 2.95 bits per heavy atom. The number of hydrogen-bond acceptors (Lipinski definition) is 3. The molecule has 1 atom stereocenters. The third-order valence-corrected chi connectivity index (χ3v) is 4.15. The first-order valence-corrected chi connectivity index (χ1v) is 7.33. The van der Waals surface area contributed by atoms with Gasteiger partial charge in [-0.05, 0) is 37.0 Å². The van der Waals surface area contributed by atoms with E-state index in [2.05, 4.69) is 22.0 Å². The Morgan fingerprint density at radius 1 is 1.29 bits per heavy atom. The molecule has 1 aliphatic rings. The van der Waals surface area contributed by atoms with Gasteiger partial charge in [-0.15, -0.1) is 0 Å². The van der Waals surface area contributed by atoms with Crippen molar-refractivity contribution in [3.63, 3.8) is 0 Å². The van der Waals surface area contributed by atoms with Crippen LogP contribution in [0.1, 0.15) is 24.0 Å². The number of para-hydroxylation sites is 1. The number of rotatable bonds is 4. The number of benzene rings is 1. The van der Waals surface area contributed by atoms with Gasteiger partial charge in [0.1, 0.15) is 5.82 Å². The SMILES string of the molecule is OCCC1CCc2ccccc2N1Cc1ccncc1F. The van der Waals surface area contributed by atoms with Crippen LogP contribution in [0.25, 0.3) is 0 Å². The normalized spacial score (nSPS) is 17.6. The van der Waals surface area contributed by atoms with E-state index in [0.717, 1.165) is 18.5 Å². The second-order valence-corrected chi connectivity index (χ2v) is 5.43. The second-order valence-electron chi connectivity index (χ2n) is 5.43. The van der Waals surface area contributed by atoms with Gasteiger partial charge in [0.25, 0.3) is 0 Å². The molecule has 1 N–H and O–H groups in total. The monoisotopic (exact) mass is 286 g/mol. The van der Waals surface area contributed by atoms with E-state index < -0.39 is 0 Å². The summed E-state index contributed by atoms with van der Waals surface area (Å²) in [4.78, 5) is 6.02. The van der Waals surface area contributed by atoms with E-state index in [1.54, 1.807) is 12.3 Å². The lowest BCUT2D eigenvalue weighted by Crippen LogP contribution is -2.39. The van der Waals surface area contributed by atoms with Gasteiger partial charge in [0.2, 0.25) is 0 Å². The Kier molecular flexibility index (Phi) is 4.15. The molecule has 0 amide bonds. The topological polar surface area (TPSA) is 36.4 Å². The number of aliphatic hydroxyl groups is 1. The Bertz CT molecular complexity index is 617. The van der Waals surface area contributed by atoms with Crippen molar-refractivity contribution in [2.45, 2.75) is 31.8 Å². The molecule has 0 aliphatic carbocycles. The van der Waals surface area contributed by atoms with Gasteiger partial charge in [-0.2, -0.15) is 0 Å². The lowest BCUT2D eigenvalue weighted by molar-refractivity contribution is 0.267. The summed E-state index contributed by atoms with van der Waals surface area (Å²) < 4.78 is 13.9. The number of halogens is 1. The molecule has 1 aromatic carbocycles. The van der Waals surface area contributed by atoms with E-state index in [1.165, 1.54) is 11.8 Å². The number of aliphatic hydroxyl groups excluding tert-OH is 1. The smallest absolute Gasteiger partial charge is 0.146 e. The Labute approximate surface area is 124 Å². The average molecular weight is 286 g/mol. The molecule has 3 rings (SSSR count). The molecule has 2 heterocycles. The van der Waals surface area contributed by atoms with E-state index in [1.807, 2.05) is 12.1 Å². The first-order chi connectivity index (χ1) is 10.3. The number of nitrogens with zero attached hydrogens (tertiary/aromatic N) is 2. The number of aryl methyl sites for hydroxylation is 1. The molecule has 0 bridgehead atoms. The Hall–Kier alpha value is -1.94. The summed E-state index contributed by atoms with van der Waals surface area (Å²) in [6, 6.07) is 10.2. The van der Waals surface area contributed by atoms with Crippen LogP contribution < -0.4 is 4.90 Å². The fourth-order valence-electron chi connectivity index (χ4n) is 3.06. The van der Waals surface area contributed by atoms with Gasteiger partial charge in [0, 0.05) is 36.6 Å². The zero-order valence-electron chi connectivity index (χ0n) is 11.9. The maximum Gasteiger partial charge on any atom is 0.146 e. The zero-order chi connectivity index (χ0) is 14.7. The van der Waals surface area contributed by atoms with E-state index in [0.29, 0.717) is 18.5 Å².